The van der Waals surface area contributed by atoms with E-state index in [1.165, 1.54) is 18.2 Å². The molecule has 1 heterocycles. The maximum Gasteiger partial charge on any atom is 0.193 e. The fourth-order valence-electron chi connectivity index (χ4n) is 2.14. The van der Waals surface area contributed by atoms with Crippen LogP contribution in [0.1, 0.15) is 21.5 Å². The van der Waals surface area contributed by atoms with Gasteiger partial charge in [-0.15, -0.1) is 0 Å². The van der Waals surface area contributed by atoms with Gasteiger partial charge in [-0.05, 0) is 48.9 Å². The molecule has 0 N–H and O–H groups in total. The number of ketones is 1. The third kappa shape index (κ3) is 2.16. The molecule has 0 radical (unpaired) electrons. The van der Waals surface area contributed by atoms with E-state index in [2.05, 4.69) is 9.97 Å². The highest BCUT2D eigenvalue weighted by Gasteiger charge is 2.13. The van der Waals surface area contributed by atoms with Crippen LogP contribution in [0.15, 0.2) is 48.8 Å². The number of aryl methyl sites for hydroxylation is 1. The Kier molecular flexibility index (Phi) is 2.99. The van der Waals surface area contributed by atoms with Crippen LogP contribution in [-0.4, -0.2) is 15.8 Å². The Bertz CT molecular complexity index is 814. The number of halogens is 1. The number of aromatic nitrogens is 2. The fourth-order valence-corrected chi connectivity index (χ4v) is 2.14. The molecule has 0 fully saturated rings. The molecule has 0 atom stereocenters. The number of carbonyl (C=O) groups is 1. The van der Waals surface area contributed by atoms with Gasteiger partial charge in [0.05, 0.1) is 11.0 Å². The second-order valence-corrected chi connectivity index (χ2v) is 4.55. The highest BCUT2D eigenvalue weighted by atomic mass is 19.1. The smallest absolute Gasteiger partial charge is 0.193 e. The number of hydrogen-bond acceptors (Lipinski definition) is 3. The second-order valence-electron chi connectivity index (χ2n) is 4.55. The van der Waals surface area contributed by atoms with Crippen LogP contribution in [0.25, 0.3) is 11.0 Å². The monoisotopic (exact) mass is 266 g/mol. The van der Waals surface area contributed by atoms with Gasteiger partial charge in [-0.2, -0.15) is 0 Å². The average molecular weight is 266 g/mol. The molecule has 0 bridgehead atoms. The molecule has 0 amide bonds. The van der Waals surface area contributed by atoms with E-state index in [4.69, 9.17) is 0 Å². The van der Waals surface area contributed by atoms with Gasteiger partial charge in [0, 0.05) is 23.5 Å². The zero-order valence-electron chi connectivity index (χ0n) is 10.8. The molecule has 4 heteroatoms. The van der Waals surface area contributed by atoms with Gasteiger partial charge >= 0.3 is 0 Å². The van der Waals surface area contributed by atoms with Crippen LogP contribution in [-0.2, 0) is 0 Å². The maximum atomic E-state index is 13.1. The number of carbonyl (C=O) groups excluding carboxylic acids is 1. The SMILES string of the molecule is Cc1cc(F)ccc1C(=O)c1ccc2nccnc2c1. The minimum atomic E-state index is -0.344. The van der Waals surface area contributed by atoms with Crippen LogP contribution in [0.2, 0.25) is 0 Å². The van der Waals surface area contributed by atoms with E-state index in [1.807, 2.05) is 0 Å². The van der Waals surface area contributed by atoms with Crippen LogP contribution >= 0.6 is 0 Å². The van der Waals surface area contributed by atoms with Crippen molar-refractivity contribution in [1.82, 2.24) is 9.97 Å². The first-order valence-electron chi connectivity index (χ1n) is 6.17. The minimum Gasteiger partial charge on any atom is -0.289 e. The summed E-state index contributed by atoms with van der Waals surface area (Å²) < 4.78 is 13.1. The number of benzene rings is 2. The fraction of sp³-hybridized carbons (Fsp3) is 0.0625. The van der Waals surface area contributed by atoms with Crippen LogP contribution < -0.4 is 0 Å². The molecule has 0 aliphatic carbocycles. The topological polar surface area (TPSA) is 42.9 Å². The second kappa shape index (κ2) is 4.81. The zero-order valence-corrected chi connectivity index (χ0v) is 10.8. The Morgan fingerprint density at radius 2 is 1.75 bits per heavy atom. The summed E-state index contributed by atoms with van der Waals surface area (Å²) in [7, 11) is 0. The average Bonchev–Trinajstić information content (AvgIpc) is 2.46. The number of hydrogen-bond donors (Lipinski definition) is 0. The third-order valence-corrected chi connectivity index (χ3v) is 3.16. The summed E-state index contributed by atoms with van der Waals surface area (Å²) in [6.07, 6.45) is 3.19. The van der Waals surface area contributed by atoms with Gasteiger partial charge in [-0.3, -0.25) is 14.8 Å². The normalized spacial score (nSPS) is 10.7. The van der Waals surface area contributed by atoms with Crippen molar-refractivity contribution in [2.24, 2.45) is 0 Å². The van der Waals surface area contributed by atoms with Crippen molar-refractivity contribution in [3.05, 3.63) is 71.3 Å². The predicted octanol–water partition coefficient (Wildman–Crippen LogP) is 3.31. The van der Waals surface area contributed by atoms with Crippen molar-refractivity contribution in [2.45, 2.75) is 6.92 Å². The van der Waals surface area contributed by atoms with Gasteiger partial charge in [-0.1, -0.05) is 0 Å². The van der Waals surface area contributed by atoms with E-state index in [1.54, 1.807) is 37.5 Å². The van der Waals surface area contributed by atoms with Crippen LogP contribution in [0.3, 0.4) is 0 Å². The number of fused-ring (bicyclic) bond motifs is 1. The molecule has 0 spiro atoms. The van der Waals surface area contributed by atoms with Gasteiger partial charge in [0.25, 0.3) is 0 Å². The zero-order chi connectivity index (χ0) is 14.1. The Labute approximate surface area is 115 Å². The number of rotatable bonds is 2. The Hall–Kier alpha value is -2.62. The molecule has 3 nitrogen and oxygen atoms in total. The molecule has 0 aliphatic heterocycles. The molecule has 0 aliphatic rings. The molecular formula is C16H11FN2O. The highest BCUT2D eigenvalue weighted by molar-refractivity contribution is 6.11. The first kappa shape index (κ1) is 12.4. The lowest BCUT2D eigenvalue weighted by atomic mass is 9.99. The largest absolute Gasteiger partial charge is 0.289 e. The van der Waals surface area contributed by atoms with Crippen LogP contribution in [0.4, 0.5) is 4.39 Å². The standard InChI is InChI=1S/C16H11FN2O/c1-10-8-12(17)3-4-13(10)16(20)11-2-5-14-15(9-11)19-7-6-18-14/h2-9H,1H3. The van der Waals surface area contributed by atoms with Crippen molar-refractivity contribution in [2.75, 3.05) is 0 Å². The Morgan fingerprint density at radius 1 is 1.00 bits per heavy atom. The van der Waals surface area contributed by atoms with Crippen molar-refractivity contribution in [1.29, 1.82) is 0 Å². The summed E-state index contributed by atoms with van der Waals surface area (Å²) >= 11 is 0. The molecule has 2 aromatic carbocycles. The predicted molar refractivity (Wildman–Crippen MR) is 74.1 cm³/mol. The van der Waals surface area contributed by atoms with Crippen LogP contribution in [0, 0.1) is 12.7 Å². The molecule has 0 saturated carbocycles. The van der Waals surface area contributed by atoms with Gasteiger partial charge < -0.3 is 0 Å². The molecule has 0 unspecified atom stereocenters. The van der Waals surface area contributed by atoms with Gasteiger partial charge in [0.15, 0.2) is 5.78 Å². The summed E-state index contributed by atoms with van der Waals surface area (Å²) in [6, 6.07) is 9.33. The summed E-state index contributed by atoms with van der Waals surface area (Å²) in [5, 5.41) is 0. The lowest BCUT2D eigenvalue weighted by molar-refractivity contribution is 0.103. The van der Waals surface area contributed by atoms with E-state index < -0.39 is 0 Å². The molecule has 98 valence electrons. The van der Waals surface area contributed by atoms with E-state index >= 15 is 0 Å². The summed E-state index contributed by atoms with van der Waals surface area (Å²) in [5.74, 6) is -0.488. The van der Waals surface area contributed by atoms with Crippen molar-refractivity contribution in [3.63, 3.8) is 0 Å². The quantitative estimate of drug-likeness (QED) is 0.668. The molecule has 20 heavy (non-hydrogen) atoms. The lowest BCUT2D eigenvalue weighted by Crippen LogP contribution is -2.04. The molecule has 3 rings (SSSR count). The Balaban J connectivity index is 2.08. The van der Waals surface area contributed by atoms with E-state index in [9.17, 15) is 9.18 Å². The van der Waals surface area contributed by atoms with E-state index in [0.29, 0.717) is 22.2 Å². The molecular weight excluding hydrogens is 255 g/mol. The van der Waals surface area contributed by atoms with E-state index in [0.717, 1.165) is 5.52 Å². The summed E-state index contributed by atoms with van der Waals surface area (Å²) in [6.45, 7) is 1.72. The van der Waals surface area contributed by atoms with Gasteiger partial charge in [-0.25, -0.2) is 4.39 Å². The third-order valence-electron chi connectivity index (χ3n) is 3.16. The molecule has 1 aromatic heterocycles. The molecule has 0 saturated heterocycles. The summed E-state index contributed by atoms with van der Waals surface area (Å²) in [5.41, 5.74) is 3.04. The first-order valence-corrected chi connectivity index (χ1v) is 6.17. The first-order chi connectivity index (χ1) is 9.65. The van der Waals surface area contributed by atoms with Crippen LogP contribution in [0.5, 0.6) is 0 Å². The highest BCUT2D eigenvalue weighted by Crippen LogP contribution is 2.18. The summed E-state index contributed by atoms with van der Waals surface area (Å²) in [4.78, 5) is 20.8. The van der Waals surface area contributed by atoms with E-state index in [-0.39, 0.29) is 11.6 Å². The minimum absolute atomic E-state index is 0.143. The number of nitrogens with zero attached hydrogens (tertiary/aromatic N) is 2. The van der Waals surface area contributed by atoms with Gasteiger partial charge in [0.1, 0.15) is 5.82 Å². The molecule has 3 aromatic rings. The van der Waals surface area contributed by atoms with Crippen molar-refractivity contribution < 1.29 is 9.18 Å². The van der Waals surface area contributed by atoms with Gasteiger partial charge in [0.2, 0.25) is 0 Å². The Morgan fingerprint density at radius 3 is 2.50 bits per heavy atom. The maximum absolute atomic E-state index is 13.1. The lowest BCUT2D eigenvalue weighted by Gasteiger charge is -2.06. The van der Waals surface area contributed by atoms with Crippen molar-refractivity contribution in [3.8, 4) is 0 Å². The van der Waals surface area contributed by atoms with Crippen molar-refractivity contribution >= 4 is 16.8 Å².